The molecule has 2 aromatic rings. The van der Waals surface area contributed by atoms with E-state index in [1.54, 1.807) is 23.1 Å². The number of alkyl halides is 3. The summed E-state index contributed by atoms with van der Waals surface area (Å²) in [5.41, 5.74) is -0.662. The lowest BCUT2D eigenvalue weighted by Crippen LogP contribution is -2.51. The van der Waals surface area contributed by atoms with Crippen molar-refractivity contribution in [1.82, 2.24) is 20.2 Å². The van der Waals surface area contributed by atoms with Crippen molar-refractivity contribution in [3.05, 3.63) is 36.2 Å². The summed E-state index contributed by atoms with van der Waals surface area (Å²) in [4.78, 5) is 51.4. The number of nitrogens with one attached hydrogen (secondary N) is 1. The number of piperidine rings is 2. The van der Waals surface area contributed by atoms with Crippen molar-refractivity contribution < 1.29 is 37.0 Å². The molecule has 4 amide bonds. The number of carbonyl (C=O) groups excluding carboxylic acids is 3. The Bertz CT molecular complexity index is 1280. The third-order valence-electron chi connectivity index (χ3n) is 7.57. The molecule has 40 heavy (non-hydrogen) atoms. The smallest absolute Gasteiger partial charge is 0.433 e. The maximum atomic E-state index is 13.3. The van der Waals surface area contributed by atoms with Gasteiger partial charge in [-0.15, -0.1) is 0 Å². The summed E-state index contributed by atoms with van der Waals surface area (Å²) in [5.74, 6) is -0.0143. The molecule has 0 aliphatic carbocycles. The molecule has 0 saturated carbocycles. The molecule has 2 atom stereocenters. The van der Waals surface area contributed by atoms with E-state index in [-0.39, 0.29) is 36.1 Å². The summed E-state index contributed by atoms with van der Waals surface area (Å²) in [6.45, 7) is 0.988. The zero-order valence-corrected chi connectivity index (χ0v) is 22.0. The van der Waals surface area contributed by atoms with Crippen LogP contribution in [0.4, 0.5) is 29.6 Å². The fourth-order valence-corrected chi connectivity index (χ4v) is 5.41. The van der Waals surface area contributed by atoms with Crippen molar-refractivity contribution in [3.8, 4) is 11.5 Å². The summed E-state index contributed by atoms with van der Waals surface area (Å²) in [5, 5.41) is 3.03. The average Bonchev–Trinajstić information content (AvgIpc) is 3.21. The number of carbonyl (C=O) groups is 3. The van der Waals surface area contributed by atoms with Gasteiger partial charge in [-0.1, -0.05) is 0 Å². The Morgan fingerprint density at radius 3 is 2.33 bits per heavy atom. The third-order valence-corrected chi connectivity index (χ3v) is 7.57. The summed E-state index contributed by atoms with van der Waals surface area (Å²) in [7, 11) is 2.96. The van der Waals surface area contributed by atoms with Gasteiger partial charge in [0.25, 0.3) is 5.91 Å². The van der Waals surface area contributed by atoms with E-state index in [1.165, 1.54) is 19.1 Å². The first kappa shape index (κ1) is 27.5. The third kappa shape index (κ3) is 5.34. The number of anilines is 2. The molecule has 214 valence electrons. The van der Waals surface area contributed by atoms with E-state index >= 15 is 0 Å². The summed E-state index contributed by atoms with van der Waals surface area (Å²) < 4.78 is 49.6. The zero-order valence-electron chi connectivity index (χ0n) is 22.0. The number of urea groups is 1. The van der Waals surface area contributed by atoms with E-state index < -0.39 is 23.9 Å². The van der Waals surface area contributed by atoms with Gasteiger partial charge in [0, 0.05) is 56.0 Å². The average molecular weight is 563 g/mol. The van der Waals surface area contributed by atoms with Gasteiger partial charge in [0.15, 0.2) is 0 Å². The lowest BCUT2D eigenvalue weighted by molar-refractivity contribution is -0.141. The second-order valence-corrected chi connectivity index (χ2v) is 9.97. The Morgan fingerprint density at radius 1 is 1.02 bits per heavy atom. The summed E-state index contributed by atoms with van der Waals surface area (Å²) >= 11 is 0. The van der Waals surface area contributed by atoms with Crippen LogP contribution in [0.2, 0.25) is 0 Å². The van der Waals surface area contributed by atoms with E-state index in [1.807, 2.05) is 0 Å². The number of rotatable bonds is 6. The normalized spacial score (nSPS) is 21.9. The van der Waals surface area contributed by atoms with E-state index in [0.29, 0.717) is 56.1 Å². The van der Waals surface area contributed by atoms with Crippen molar-refractivity contribution in [1.29, 1.82) is 0 Å². The van der Waals surface area contributed by atoms with Gasteiger partial charge in [0.05, 0.1) is 19.9 Å². The molecule has 3 fully saturated rings. The highest BCUT2D eigenvalue weighted by Gasteiger charge is 2.49. The molecule has 0 bridgehead atoms. The second-order valence-electron chi connectivity index (χ2n) is 9.97. The first-order valence-corrected chi connectivity index (χ1v) is 12.9. The van der Waals surface area contributed by atoms with Crippen molar-refractivity contribution in [3.63, 3.8) is 0 Å². The van der Waals surface area contributed by atoms with Crippen LogP contribution in [-0.4, -0.2) is 78.7 Å². The van der Waals surface area contributed by atoms with E-state index in [2.05, 4.69) is 15.3 Å². The Hall–Kier alpha value is -4.10. The van der Waals surface area contributed by atoms with Gasteiger partial charge in [0.2, 0.25) is 11.9 Å². The van der Waals surface area contributed by atoms with Gasteiger partial charge in [-0.25, -0.2) is 19.7 Å². The first-order chi connectivity index (χ1) is 19.1. The molecule has 4 heterocycles. The number of amides is 4. The van der Waals surface area contributed by atoms with Crippen LogP contribution in [0.1, 0.15) is 31.4 Å². The van der Waals surface area contributed by atoms with Gasteiger partial charge < -0.3 is 24.6 Å². The van der Waals surface area contributed by atoms with Crippen molar-refractivity contribution in [2.75, 3.05) is 43.7 Å². The first-order valence-electron chi connectivity index (χ1n) is 12.9. The van der Waals surface area contributed by atoms with Gasteiger partial charge in [0.1, 0.15) is 23.2 Å². The fourth-order valence-electron chi connectivity index (χ4n) is 5.41. The lowest BCUT2D eigenvalue weighted by Gasteiger charge is -2.35. The number of halogens is 3. The molecule has 14 heteroatoms. The molecule has 5 rings (SSSR count). The van der Waals surface area contributed by atoms with Gasteiger partial charge in [-0.2, -0.15) is 13.2 Å². The van der Waals surface area contributed by atoms with E-state index in [0.717, 1.165) is 17.2 Å². The van der Waals surface area contributed by atoms with Crippen LogP contribution in [0.25, 0.3) is 0 Å². The SMILES string of the molecule is COc1cc(OC)cc(N2C(=O)C3CC(NC(=O)C4CCN(c5nccc(C(F)(F)F)n5)CC4)CCN3C2=O)c1. The van der Waals surface area contributed by atoms with Crippen LogP contribution >= 0.6 is 0 Å². The molecule has 1 N–H and O–H groups in total. The number of nitrogens with zero attached hydrogens (tertiary/aromatic N) is 5. The highest BCUT2D eigenvalue weighted by Crippen LogP contribution is 2.35. The number of benzene rings is 1. The van der Waals surface area contributed by atoms with Crippen LogP contribution in [0, 0.1) is 5.92 Å². The molecule has 2 unspecified atom stereocenters. The molecular weight excluding hydrogens is 533 g/mol. The number of aromatic nitrogens is 2. The van der Waals surface area contributed by atoms with Gasteiger partial charge in [-0.3, -0.25) is 9.59 Å². The molecule has 11 nitrogen and oxygen atoms in total. The van der Waals surface area contributed by atoms with Crippen LogP contribution in [0.3, 0.4) is 0 Å². The highest BCUT2D eigenvalue weighted by atomic mass is 19.4. The highest BCUT2D eigenvalue weighted by molar-refractivity contribution is 6.21. The number of methoxy groups -OCH3 is 2. The predicted octanol–water partition coefficient (Wildman–Crippen LogP) is 2.85. The number of hydrogen-bond acceptors (Lipinski definition) is 8. The Kier molecular flexibility index (Phi) is 7.43. The number of fused-ring (bicyclic) bond motifs is 1. The second kappa shape index (κ2) is 10.8. The number of ether oxygens (including phenoxy) is 2. The van der Waals surface area contributed by atoms with Crippen LogP contribution in [0.5, 0.6) is 11.5 Å². The fraction of sp³-hybridized carbons (Fsp3) is 0.500. The standard InChI is InChI=1S/C26H29F3N6O5/c1-39-18-12-17(13-19(14-18)40-2)35-23(37)20-11-16(6-10-34(20)25(35)38)31-22(36)15-4-8-33(9-5-15)24-30-7-3-21(32-24)26(27,28)29/h3,7,12-16,20H,4-6,8-11H2,1-2H3,(H,31,36). The molecule has 3 aliphatic rings. The quantitative estimate of drug-likeness (QED) is 0.535. The maximum absolute atomic E-state index is 13.3. The minimum absolute atomic E-state index is 0.0105. The van der Waals surface area contributed by atoms with Crippen molar-refractivity contribution >= 4 is 29.5 Å². The Morgan fingerprint density at radius 2 is 1.70 bits per heavy atom. The molecule has 3 saturated heterocycles. The molecule has 0 radical (unpaired) electrons. The Labute approximate surface area is 228 Å². The van der Waals surface area contributed by atoms with E-state index in [4.69, 9.17) is 9.47 Å². The maximum Gasteiger partial charge on any atom is 0.433 e. The summed E-state index contributed by atoms with van der Waals surface area (Å²) in [6.07, 6.45) is -1.85. The largest absolute Gasteiger partial charge is 0.497 e. The molecule has 1 aromatic heterocycles. The molecule has 3 aliphatic heterocycles. The minimum Gasteiger partial charge on any atom is -0.497 e. The molecule has 1 aromatic carbocycles. The monoisotopic (exact) mass is 562 g/mol. The number of hydrogen-bond donors (Lipinski definition) is 1. The van der Waals surface area contributed by atoms with Crippen LogP contribution < -0.4 is 24.6 Å². The molecular formula is C26H29F3N6O5. The van der Waals surface area contributed by atoms with Crippen molar-refractivity contribution in [2.45, 2.75) is 43.9 Å². The minimum atomic E-state index is -4.56. The Balaban J connectivity index is 1.18. The van der Waals surface area contributed by atoms with Crippen molar-refractivity contribution in [2.24, 2.45) is 5.92 Å². The summed E-state index contributed by atoms with van der Waals surface area (Å²) in [6, 6.07) is 4.22. The number of imide groups is 1. The lowest BCUT2D eigenvalue weighted by atomic mass is 9.93. The topological polar surface area (TPSA) is 117 Å². The predicted molar refractivity (Wildman–Crippen MR) is 136 cm³/mol. The van der Waals surface area contributed by atoms with Gasteiger partial charge in [-0.05, 0) is 31.7 Å². The molecule has 0 spiro atoms. The van der Waals surface area contributed by atoms with E-state index in [9.17, 15) is 27.6 Å². The zero-order chi connectivity index (χ0) is 28.6. The van der Waals surface area contributed by atoms with Gasteiger partial charge >= 0.3 is 12.2 Å². The van der Waals surface area contributed by atoms with Crippen LogP contribution in [-0.2, 0) is 15.8 Å². The van der Waals surface area contributed by atoms with Crippen LogP contribution in [0.15, 0.2) is 30.5 Å².